The maximum atomic E-state index is 12.9. The van der Waals surface area contributed by atoms with Crippen molar-refractivity contribution < 1.29 is 22.7 Å². The molecule has 8 heteroatoms. The fraction of sp³-hybridized carbons (Fsp3) is 0.750. The van der Waals surface area contributed by atoms with Gasteiger partial charge in [0.1, 0.15) is 6.54 Å². The van der Waals surface area contributed by atoms with Gasteiger partial charge in [-0.1, -0.05) is 0 Å². The molecule has 1 aliphatic rings. The van der Waals surface area contributed by atoms with Crippen LogP contribution in [0.3, 0.4) is 0 Å². The fourth-order valence-electron chi connectivity index (χ4n) is 3.14. The van der Waals surface area contributed by atoms with Crippen LogP contribution in [0.1, 0.15) is 36.2 Å². The van der Waals surface area contributed by atoms with Gasteiger partial charge in [-0.3, -0.25) is 9.48 Å². The second-order valence-corrected chi connectivity index (χ2v) is 6.28. The summed E-state index contributed by atoms with van der Waals surface area (Å²) in [5.74, 6) is -0.481. The average Bonchev–Trinajstić information content (AvgIpc) is 2.75. The van der Waals surface area contributed by atoms with Crippen LogP contribution < -0.4 is 0 Å². The standard InChI is InChI=1S/C16H24F3N3O2/c1-11-14(12(2)21(3)20-11)6-7-15(23)22(10-16(17,18)19)13-5-4-8-24-9-13/h13H,4-10H2,1-3H3/t13-/m0/s1. The van der Waals surface area contributed by atoms with E-state index >= 15 is 0 Å². The Bertz CT molecular complexity index is 578. The Morgan fingerprint density at radius 3 is 2.62 bits per heavy atom. The van der Waals surface area contributed by atoms with Crippen molar-refractivity contribution in [2.45, 2.75) is 51.7 Å². The van der Waals surface area contributed by atoms with Crippen molar-refractivity contribution >= 4 is 5.91 Å². The summed E-state index contributed by atoms with van der Waals surface area (Å²) in [5.41, 5.74) is 2.67. The molecule has 0 bridgehead atoms. The number of hydrogen-bond acceptors (Lipinski definition) is 3. The predicted molar refractivity (Wildman–Crippen MR) is 82.6 cm³/mol. The van der Waals surface area contributed by atoms with Gasteiger partial charge in [0.2, 0.25) is 5.91 Å². The van der Waals surface area contributed by atoms with Crippen molar-refractivity contribution in [3.05, 3.63) is 17.0 Å². The normalized spacial score (nSPS) is 18.7. The number of alkyl halides is 3. The number of amides is 1. The molecule has 1 aromatic heterocycles. The molecule has 0 saturated carbocycles. The van der Waals surface area contributed by atoms with Gasteiger partial charge in [-0.25, -0.2) is 0 Å². The minimum atomic E-state index is -4.41. The van der Waals surface area contributed by atoms with Crippen LogP contribution in [0.4, 0.5) is 13.2 Å². The van der Waals surface area contributed by atoms with Crippen molar-refractivity contribution in [1.29, 1.82) is 0 Å². The zero-order chi connectivity index (χ0) is 17.9. The lowest BCUT2D eigenvalue weighted by Crippen LogP contribution is -2.49. The number of carbonyl (C=O) groups excluding carboxylic acids is 1. The van der Waals surface area contributed by atoms with E-state index in [2.05, 4.69) is 5.10 Å². The highest BCUT2D eigenvalue weighted by Crippen LogP contribution is 2.23. The summed E-state index contributed by atoms with van der Waals surface area (Å²) in [7, 11) is 1.81. The van der Waals surface area contributed by atoms with E-state index in [1.54, 1.807) is 4.68 Å². The summed E-state index contributed by atoms with van der Waals surface area (Å²) in [6.45, 7) is 3.23. The second kappa shape index (κ2) is 7.55. The van der Waals surface area contributed by atoms with Crippen LogP contribution in [0, 0.1) is 13.8 Å². The first-order valence-electron chi connectivity index (χ1n) is 8.12. The van der Waals surface area contributed by atoms with E-state index in [1.807, 2.05) is 20.9 Å². The maximum absolute atomic E-state index is 12.9. The third kappa shape index (κ3) is 4.72. The van der Waals surface area contributed by atoms with Crippen molar-refractivity contribution in [1.82, 2.24) is 14.7 Å². The number of rotatable bonds is 5. The molecule has 0 unspecified atom stereocenters. The molecular weight excluding hydrogens is 323 g/mol. The SMILES string of the molecule is Cc1nn(C)c(C)c1CCC(=O)N(CC(F)(F)F)[C@H]1CCCOC1. The fourth-order valence-corrected chi connectivity index (χ4v) is 3.14. The van der Waals surface area contributed by atoms with Crippen molar-refractivity contribution in [2.75, 3.05) is 19.8 Å². The maximum Gasteiger partial charge on any atom is 0.406 e. The number of hydrogen-bond donors (Lipinski definition) is 0. The molecule has 2 heterocycles. The summed E-state index contributed by atoms with van der Waals surface area (Å²) < 4.78 is 45.6. The molecule has 24 heavy (non-hydrogen) atoms. The van der Waals surface area contributed by atoms with E-state index < -0.39 is 24.7 Å². The highest BCUT2D eigenvalue weighted by atomic mass is 19.4. The summed E-state index contributed by atoms with van der Waals surface area (Å²) in [4.78, 5) is 13.4. The first-order chi connectivity index (χ1) is 11.2. The van der Waals surface area contributed by atoms with Gasteiger partial charge in [0, 0.05) is 25.8 Å². The molecule has 2 rings (SSSR count). The van der Waals surface area contributed by atoms with Crippen molar-refractivity contribution in [3.63, 3.8) is 0 Å². The third-order valence-corrected chi connectivity index (χ3v) is 4.49. The molecule has 1 amide bonds. The Balaban J connectivity index is 2.06. The van der Waals surface area contributed by atoms with Crippen LogP contribution in [0.15, 0.2) is 0 Å². The first-order valence-corrected chi connectivity index (χ1v) is 8.12. The molecule has 0 N–H and O–H groups in total. The molecule has 1 aliphatic heterocycles. The Morgan fingerprint density at radius 1 is 1.42 bits per heavy atom. The molecule has 5 nitrogen and oxygen atoms in total. The van der Waals surface area contributed by atoms with E-state index in [0.29, 0.717) is 25.9 Å². The summed E-state index contributed by atoms with van der Waals surface area (Å²) in [6.07, 6.45) is -2.75. The molecule has 0 aromatic carbocycles. The molecule has 0 radical (unpaired) electrons. The Hall–Kier alpha value is -1.57. The quantitative estimate of drug-likeness (QED) is 0.822. The molecule has 1 aromatic rings. The van der Waals surface area contributed by atoms with Gasteiger partial charge in [-0.15, -0.1) is 0 Å². The van der Waals surface area contributed by atoms with Gasteiger partial charge in [-0.05, 0) is 38.7 Å². The van der Waals surface area contributed by atoms with Crippen LogP contribution in [-0.2, 0) is 23.0 Å². The molecule has 1 fully saturated rings. The molecule has 0 aliphatic carbocycles. The zero-order valence-electron chi connectivity index (χ0n) is 14.3. The second-order valence-electron chi connectivity index (χ2n) is 6.28. The highest BCUT2D eigenvalue weighted by Gasteiger charge is 2.37. The summed E-state index contributed by atoms with van der Waals surface area (Å²) in [6, 6.07) is -0.496. The van der Waals surface area contributed by atoms with Crippen LogP contribution in [-0.4, -0.2) is 52.6 Å². The van der Waals surface area contributed by atoms with Gasteiger partial charge in [-0.2, -0.15) is 18.3 Å². The summed E-state index contributed by atoms with van der Waals surface area (Å²) >= 11 is 0. The minimum Gasteiger partial charge on any atom is -0.379 e. The average molecular weight is 347 g/mol. The number of aryl methyl sites for hydroxylation is 2. The lowest BCUT2D eigenvalue weighted by Gasteiger charge is -2.34. The first kappa shape index (κ1) is 18.8. The minimum absolute atomic E-state index is 0.0416. The van der Waals surface area contributed by atoms with E-state index in [9.17, 15) is 18.0 Å². The third-order valence-electron chi connectivity index (χ3n) is 4.49. The number of aromatic nitrogens is 2. The zero-order valence-corrected chi connectivity index (χ0v) is 14.3. The number of carbonyl (C=O) groups is 1. The molecule has 1 atom stereocenters. The van der Waals surface area contributed by atoms with Gasteiger partial charge >= 0.3 is 6.18 Å². The van der Waals surface area contributed by atoms with Crippen LogP contribution in [0.5, 0.6) is 0 Å². The number of ether oxygens (including phenoxy) is 1. The lowest BCUT2D eigenvalue weighted by atomic mass is 10.0. The van der Waals surface area contributed by atoms with Crippen LogP contribution in [0.25, 0.3) is 0 Å². The molecular formula is C16H24F3N3O2. The van der Waals surface area contributed by atoms with Gasteiger partial charge in [0.25, 0.3) is 0 Å². The smallest absolute Gasteiger partial charge is 0.379 e. The molecule has 1 saturated heterocycles. The van der Waals surface area contributed by atoms with Gasteiger partial charge in [0.15, 0.2) is 0 Å². The predicted octanol–water partition coefficient (Wildman–Crippen LogP) is 2.54. The van der Waals surface area contributed by atoms with E-state index in [-0.39, 0.29) is 13.0 Å². The summed E-state index contributed by atoms with van der Waals surface area (Å²) in [5, 5.41) is 4.27. The lowest BCUT2D eigenvalue weighted by molar-refractivity contribution is -0.170. The Morgan fingerprint density at radius 2 is 2.12 bits per heavy atom. The van der Waals surface area contributed by atoms with Crippen LogP contribution >= 0.6 is 0 Å². The molecule has 0 spiro atoms. The number of nitrogens with zero attached hydrogens (tertiary/aromatic N) is 3. The largest absolute Gasteiger partial charge is 0.406 e. The van der Waals surface area contributed by atoms with E-state index in [1.165, 1.54) is 0 Å². The number of halogens is 3. The monoisotopic (exact) mass is 347 g/mol. The van der Waals surface area contributed by atoms with Gasteiger partial charge in [0.05, 0.1) is 18.3 Å². The van der Waals surface area contributed by atoms with E-state index in [0.717, 1.165) is 21.9 Å². The van der Waals surface area contributed by atoms with Gasteiger partial charge < -0.3 is 9.64 Å². The highest BCUT2D eigenvalue weighted by molar-refractivity contribution is 5.77. The Kier molecular flexibility index (Phi) is 5.90. The van der Waals surface area contributed by atoms with E-state index in [4.69, 9.17) is 4.74 Å². The topological polar surface area (TPSA) is 47.4 Å². The van der Waals surface area contributed by atoms with Crippen LogP contribution in [0.2, 0.25) is 0 Å². The van der Waals surface area contributed by atoms with Crippen molar-refractivity contribution in [3.8, 4) is 0 Å². The Labute approximate surface area is 139 Å². The van der Waals surface area contributed by atoms with Crippen molar-refractivity contribution in [2.24, 2.45) is 7.05 Å². The molecule has 136 valence electrons.